The van der Waals surface area contributed by atoms with E-state index >= 15 is 0 Å². The molecule has 3 aromatic rings. The molecule has 5 rings (SSSR count). The van der Waals surface area contributed by atoms with Gasteiger partial charge in [-0.15, -0.1) is 0 Å². The number of hydrogen-bond acceptors (Lipinski definition) is 7. The Bertz CT molecular complexity index is 1330. The summed E-state index contributed by atoms with van der Waals surface area (Å²) in [6.07, 6.45) is 2.17. The Kier molecular flexibility index (Phi) is 5.36. The Morgan fingerprint density at radius 1 is 1.09 bits per heavy atom. The minimum atomic E-state index is -0.312. The Morgan fingerprint density at radius 3 is 2.61 bits per heavy atom. The van der Waals surface area contributed by atoms with Crippen molar-refractivity contribution in [3.63, 3.8) is 0 Å². The topological polar surface area (TPSA) is 85.2 Å². The highest BCUT2D eigenvalue weighted by atomic mass is 16.7. The summed E-state index contributed by atoms with van der Waals surface area (Å²) >= 11 is 0. The third-order valence-electron chi connectivity index (χ3n) is 6.37. The van der Waals surface area contributed by atoms with Crippen LogP contribution in [0.4, 0.5) is 0 Å². The normalized spacial score (nSPS) is 13.8. The maximum Gasteiger partial charge on any atom is 0.305 e. The molecule has 0 radical (unpaired) electrons. The second-order valence-electron chi connectivity index (χ2n) is 8.05. The van der Waals surface area contributed by atoms with E-state index in [4.69, 9.17) is 23.7 Å². The summed E-state index contributed by atoms with van der Waals surface area (Å²) in [7, 11) is 4.44. The monoisotopic (exact) mass is 451 g/mol. The molecule has 0 saturated heterocycles. The maximum absolute atomic E-state index is 13.8. The molecular weight excluding hydrogens is 426 g/mol. The van der Waals surface area contributed by atoms with E-state index in [2.05, 4.69) is 0 Å². The van der Waals surface area contributed by atoms with Crippen LogP contribution >= 0.6 is 0 Å². The van der Waals surface area contributed by atoms with E-state index in [0.29, 0.717) is 41.3 Å². The van der Waals surface area contributed by atoms with Gasteiger partial charge in [0.1, 0.15) is 0 Å². The number of ether oxygens (including phenoxy) is 5. The molecule has 0 N–H and O–H groups in total. The number of nitrogens with zero attached hydrogens (tertiary/aromatic N) is 1. The molecule has 0 aliphatic carbocycles. The summed E-state index contributed by atoms with van der Waals surface area (Å²) in [6.45, 7) is 0.714. The maximum atomic E-state index is 13.8. The standard InChI is InChI=1S/C25H25NO7/c1-29-18-8-6-15-16(7-9-21(27)30-2)23-17-12-20-19(32-13-33-20)11-14(17)5-4-10-26(23)25(28)22(15)24(18)31-3/h6,8,11-12H,4-5,7,9-10,13H2,1-3H3. The largest absolute Gasteiger partial charge is 0.493 e. The van der Waals surface area contributed by atoms with Crippen molar-refractivity contribution in [2.24, 2.45) is 0 Å². The smallest absolute Gasteiger partial charge is 0.305 e. The summed E-state index contributed by atoms with van der Waals surface area (Å²) in [6, 6.07) is 7.60. The number of rotatable bonds is 5. The fourth-order valence-electron chi connectivity index (χ4n) is 4.86. The van der Waals surface area contributed by atoms with Gasteiger partial charge in [-0.2, -0.15) is 0 Å². The van der Waals surface area contributed by atoms with Crippen LogP contribution in [0, 0.1) is 0 Å². The van der Waals surface area contributed by atoms with Gasteiger partial charge in [0.25, 0.3) is 5.56 Å². The van der Waals surface area contributed by atoms with Gasteiger partial charge in [0.15, 0.2) is 23.0 Å². The minimum Gasteiger partial charge on any atom is -0.493 e. The molecule has 0 atom stereocenters. The third-order valence-corrected chi connectivity index (χ3v) is 6.37. The van der Waals surface area contributed by atoms with Crippen LogP contribution in [0.15, 0.2) is 29.1 Å². The molecular formula is C25H25NO7. The summed E-state index contributed by atoms with van der Waals surface area (Å²) in [5.41, 5.74) is 3.55. The number of methoxy groups -OCH3 is 3. The van der Waals surface area contributed by atoms with Crippen molar-refractivity contribution in [1.29, 1.82) is 0 Å². The van der Waals surface area contributed by atoms with Crippen molar-refractivity contribution in [2.45, 2.75) is 32.2 Å². The molecule has 2 aromatic carbocycles. The molecule has 0 unspecified atom stereocenters. The highest BCUT2D eigenvalue weighted by Gasteiger charge is 2.28. The predicted octanol–water partition coefficient (Wildman–Crippen LogP) is 3.47. The molecule has 0 spiro atoms. The van der Waals surface area contributed by atoms with Crippen LogP contribution in [0.2, 0.25) is 0 Å². The van der Waals surface area contributed by atoms with Gasteiger partial charge in [0, 0.05) is 18.5 Å². The number of pyridine rings is 1. The van der Waals surface area contributed by atoms with E-state index in [-0.39, 0.29) is 24.7 Å². The Labute approximate surface area is 190 Å². The van der Waals surface area contributed by atoms with Crippen molar-refractivity contribution in [2.75, 3.05) is 28.1 Å². The van der Waals surface area contributed by atoms with Gasteiger partial charge >= 0.3 is 5.97 Å². The van der Waals surface area contributed by atoms with Crippen molar-refractivity contribution < 1.29 is 28.5 Å². The number of aromatic nitrogens is 1. The lowest BCUT2D eigenvalue weighted by Crippen LogP contribution is -2.24. The average Bonchev–Trinajstić information content (AvgIpc) is 3.21. The molecule has 1 aromatic heterocycles. The van der Waals surface area contributed by atoms with Crippen LogP contribution < -0.4 is 24.5 Å². The first-order valence-electron chi connectivity index (χ1n) is 10.9. The number of carbonyl (C=O) groups is 1. The minimum absolute atomic E-state index is 0.150. The Morgan fingerprint density at radius 2 is 1.88 bits per heavy atom. The molecule has 0 amide bonds. The molecule has 2 aliphatic heterocycles. The molecule has 0 bridgehead atoms. The summed E-state index contributed by atoms with van der Waals surface area (Å²) in [4.78, 5) is 25.9. The zero-order valence-electron chi connectivity index (χ0n) is 18.9. The summed E-state index contributed by atoms with van der Waals surface area (Å²) in [5.74, 6) is 1.94. The van der Waals surface area contributed by atoms with E-state index < -0.39 is 0 Å². The van der Waals surface area contributed by atoms with E-state index in [9.17, 15) is 9.59 Å². The fraction of sp³-hybridized carbons (Fsp3) is 0.360. The summed E-state index contributed by atoms with van der Waals surface area (Å²) < 4.78 is 29.0. The van der Waals surface area contributed by atoms with Gasteiger partial charge in [0.2, 0.25) is 6.79 Å². The zero-order valence-corrected chi connectivity index (χ0v) is 18.9. The van der Waals surface area contributed by atoms with Crippen LogP contribution in [-0.4, -0.2) is 38.7 Å². The van der Waals surface area contributed by atoms with E-state index in [1.807, 2.05) is 18.2 Å². The van der Waals surface area contributed by atoms with Crippen molar-refractivity contribution >= 4 is 16.7 Å². The van der Waals surface area contributed by atoms with Gasteiger partial charge in [-0.05, 0) is 60.0 Å². The Hall–Kier alpha value is -3.68. The third kappa shape index (κ3) is 3.37. The first kappa shape index (κ1) is 21.2. The van der Waals surface area contributed by atoms with E-state index in [1.54, 1.807) is 17.7 Å². The first-order chi connectivity index (χ1) is 16.1. The lowest BCUT2D eigenvalue weighted by molar-refractivity contribution is -0.140. The lowest BCUT2D eigenvalue weighted by atomic mass is 9.92. The Balaban J connectivity index is 1.87. The molecule has 3 heterocycles. The highest BCUT2D eigenvalue weighted by Crippen LogP contribution is 2.44. The number of esters is 1. The van der Waals surface area contributed by atoms with E-state index in [1.165, 1.54) is 14.2 Å². The average molecular weight is 451 g/mol. The highest BCUT2D eigenvalue weighted by molar-refractivity contribution is 5.96. The van der Waals surface area contributed by atoms with Crippen LogP contribution in [0.1, 0.15) is 24.0 Å². The van der Waals surface area contributed by atoms with Crippen molar-refractivity contribution in [1.82, 2.24) is 4.57 Å². The molecule has 172 valence electrons. The fourth-order valence-corrected chi connectivity index (χ4v) is 4.86. The van der Waals surface area contributed by atoms with Crippen molar-refractivity contribution in [3.8, 4) is 34.3 Å². The van der Waals surface area contributed by atoms with Gasteiger partial charge < -0.3 is 28.3 Å². The van der Waals surface area contributed by atoms with Gasteiger partial charge in [0.05, 0.1) is 32.4 Å². The molecule has 33 heavy (non-hydrogen) atoms. The van der Waals surface area contributed by atoms with Crippen LogP contribution in [0.5, 0.6) is 23.0 Å². The lowest BCUT2D eigenvalue weighted by Gasteiger charge is -2.21. The molecule has 8 heteroatoms. The van der Waals surface area contributed by atoms with Crippen molar-refractivity contribution in [3.05, 3.63) is 45.7 Å². The van der Waals surface area contributed by atoms with Crippen LogP contribution in [0.25, 0.3) is 22.0 Å². The number of aryl methyl sites for hydroxylation is 2. The number of benzene rings is 2. The van der Waals surface area contributed by atoms with Crippen LogP contribution in [0.3, 0.4) is 0 Å². The first-order valence-corrected chi connectivity index (χ1v) is 10.9. The van der Waals surface area contributed by atoms with Gasteiger partial charge in [-0.25, -0.2) is 0 Å². The molecule has 0 saturated carbocycles. The van der Waals surface area contributed by atoms with E-state index in [0.717, 1.165) is 40.6 Å². The molecule has 8 nitrogen and oxygen atoms in total. The molecule has 2 aliphatic rings. The quantitative estimate of drug-likeness (QED) is 0.549. The van der Waals surface area contributed by atoms with Gasteiger partial charge in [-0.3, -0.25) is 9.59 Å². The summed E-state index contributed by atoms with van der Waals surface area (Å²) in [5, 5.41) is 1.18. The predicted molar refractivity (Wildman–Crippen MR) is 122 cm³/mol. The van der Waals surface area contributed by atoms with Crippen LogP contribution in [-0.2, 0) is 28.9 Å². The number of carbonyl (C=O) groups excluding carboxylic acids is 1. The zero-order chi connectivity index (χ0) is 23.1. The number of hydrogen-bond donors (Lipinski definition) is 0. The SMILES string of the molecule is COC(=O)CCc1c2n(c(=O)c3c(OC)c(OC)ccc13)CCCc1cc3c(cc1-2)OCO3. The second-order valence-corrected chi connectivity index (χ2v) is 8.05. The second kappa shape index (κ2) is 8.35. The van der Waals surface area contributed by atoms with Gasteiger partial charge in [-0.1, -0.05) is 0 Å². The molecule has 0 fully saturated rings. The number of fused-ring (bicyclic) bond motifs is 5.